The molecule has 0 bridgehead atoms. The van der Waals surface area contributed by atoms with E-state index in [1.54, 1.807) is 7.11 Å². The molecule has 0 radical (unpaired) electrons. The first-order valence-corrected chi connectivity index (χ1v) is 11.3. The summed E-state index contributed by atoms with van der Waals surface area (Å²) in [6.07, 6.45) is 3.37. The van der Waals surface area contributed by atoms with Crippen molar-refractivity contribution in [3.63, 3.8) is 0 Å². The van der Waals surface area contributed by atoms with Crippen LogP contribution in [0.4, 0.5) is 0 Å². The number of aryl methyl sites for hydroxylation is 1. The number of phenols is 2. The summed E-state index contributed by atoms with van der Waals surface area (Å²) in [5, 5.41) is 26.6. The molecule has 0 unspecified atom stereocenters. The van der Waals surface area contributed by atoms with Gasteiger partial charge in [0, 0.05) is 17.2 Å². The van der Waals surface area contributed by atoms with E-state index in [2.05, 4.69) is 24.0 Å². The van der Waals surface area contributed by atoms with E-state index in [1.807, 2.05) is 45.0 Å². The number of aromatic amines is 2. The fourth-order valence-electron chi connectivity index (χ4n) is 3.38. The van der Waals surface area contributed by atoms with Crippen LogP contribution in [0.1, 0.15) is 64.0 Å². The molecule has 4 rings (SSSR count). The van der Waals surface area contributed by atoms with E-state index < -0.39 is 0 Å². The van der Waals surface area contributed by atoms with Gasteiger partial charge in [0.05, 0.1) is 12.8 Å². The predicted octanol–water partition coefficient (Wildman–Crippen LogP) is 7.45. The van der Waals surface area contributed by atoms with Crippen molar-refractivity contribution in [1.29, 1.82) is 0 Å². The Labute approximate surface area is 190 Å². The van der Waals surface area contributed by atoms with Gasteiger partial charge < -0.3 is 14.9 Å². The number of hydrogen-bond donors (Lipinski definition) is 4. The van der Waals surface area contributed by atoms with Gasteiger partial charge in [-0.2, -0.15) is 0 Å². The summed E-state index contributed by atoms with van der Waals surface area (Å²) in [5.41, 5.74) is 4.95. The summed E-state index contributed by atoms with van der Waals surface area (Å²) in [4.78, 5) is 0. The molecule has 6 heteroatoms. The van der Waals surface area contributed by atoms with Crippen molar-refractivity contribution in [3.8, 4) is 39.6 Å². The molecule has 3 aromatic rings. The van der Waals surface area contributed by atoms with Crippen molar-refractivity contribution in [1.82, 2.24) is 10.2 Å². The molecule has 0 atom stereocenters. The summed E-state index contributed by atoms with van der Waals surface area (Å²) >= 11 is 5.48. The van der Waals surface area contributed by atoms with E-state index in [0.717, 1.165) is 40.8 Å². The number of aromatic hydroxyl groups is 2. The van der Waals surface area contributed by atoms with Crippen molar-refractivity contribution in [2.24, 2.45) is 0 Å². The number of aromatic nitrogens is 2. The summed E-state index contributed by atoms with van der Waals surface area (Å²) in [5.74, 6) is 1.33. The highest BCUT2D eigenvalue weighted by Crippen LogP contribution is 2.48. The van der Waals surface area contributed by atoms with Crippen molar-refractivity contribution < 1.29 is 14.9 Å². The average Bonchev–Trinajstić information content (AvgIpc) is 3.52. The van der Waals surface area contributed by atoms with Crippen molar-refractivity contribution in [2.45, 2.75) is 59.8 Å². The van der Waals surface area contributed by atoms with Crippen LogP contribution < -0.4 is 4.74 Å². The predicted molar refractivity (Wildman–Crippen MR) is 131 cm³/mol. The molecule has 1 aliphatic carbocycles. The van der Waals surface area contributed by atoms with Gasteiger partial charge in [-0.25, -0.2) is 0 Å². The minimum atomic E-state index is 0.0173. The van der Waals surface area contributed by atoms with E-state index in [4.69, 9.17) is 17.0 Å². The minimum absolute atomic E-state index is 0.0173. The topological polar surface area (TPSA) is 81.3 Å². The maximum absolute atomic E-state index is 10.4. The number of ether oxygens (including phenoxy) is 1. The quantitative estimate of drug-likeness (QED) is 0.316. The Morgan fingerprint density at radius 1 is 1.03 bits per heavy atom. The Morgan fingerprint density at radius 3 is 2.23 bits per heavy atom. The van der Waals surface area contributed by atoms with Gasteiger partial charge in [-0.05, 0) is 60.6 Å². The molecule has 0 aliphatic heterocycles. The zero-order valence-electron chi connectivity index (χ0n) is 19.3. The normalized spacial score (nSPS) is 12.3. The number of rotatable bonds is 4. The van der Waals surface area contributed by atoms with Crippen LogP contribution in [0.3, 0.4) is 0 Å². The molecule has 1 heterocycles. The summed E-state index contributed by atoms with van der Waals surface area (Å²) in [7, 11) is 1.64. The lowest BCUT2D eigenvalue weighted by Crippen LogP contribution is -1.90. The standard InChI is InChI=1S/C20H20N2O3S.C3H8.C2H6/c1-10-7-12(5-6-17(10)25-2)18-19(21-22-20(18)26)14-8-13(11-3-4-11)15(23)9-16(14)24;1-3-2;1-2/h5-9,11,23-24H,3-4H2,1-2H3,(H2,21,22,26);3H2,1-2H3;1-2H3. The highest BCUT2D eigenvalue weighted by Gasteiger charge is 2.28. The second-order valence-electron chi connectivity index (χ2n) is 7.42. The van der Waals surface area contributed by atoms with E-state index in [9.17, 15) is 10.2 Å². The van der Waals surface area contributed by atoms with Crippen LogP contribution in [-0.2, 0) is 0 Å². The summed E-state index contributed by atoms with van der Waals surface area (Å²) in [6, 6.07) is 9.13. The van der Waals surface area contributed by atoms with E-state index in [-0.39, 0.29) is 11.5 Å². The Kier molecular flexibility index (Phi) is 8.75. The minimum Gasteiger partial charge on any atom is -0.508 e. The SMILES string of the molecule is CC.CCC.COc1ccc(-c2c(-c3cc(C4CC4)c(O)cc3O)[nH][nH]c2=S)cc1C. The number of nitrogens with one attached hydrogen (secondary N) is 2. The highest BCUT2D eigenvalue weighted by atomic mass is 32.1. The third-order valence-electron chi connectivity index (χ3n) is 4.89. The van der Waals surface area contributed by atoms with Gasteiger partial charge in [0.1, 0.15) is 21.9 Å². The van der Waals surface area contributed by atoms with Gasteiger partial charge >= 0.3 is 0 Å². The van der Waals surface area contributed by atoms with Crippen molar-refractivity contribution in [3.05, 3.63) is 46.1 Å². The van der Waals surface area contributed by atoms with Gasteiger partial charge in [-0.1, -0.05) is 52.4 Å². The Morgan fingerprint density at radius 2 is 1.68 bits per heavy atom. The fraction of sp³-hybridized carbons (Fsp3) is 0.400. The molecule has 1 fully saturated rings. The third-order valence-corrected chi connectivity index (χ3v) is 5.20. The summed E-state index contributed by atoms with van der Waals surface area (Å²) in [6.45, 7) is 10.2. The van der Waals surface area contributed by atoms with E-state index in [1.165, 1.54) is 12.5 Å². The number of benzene rings is 2. The highest BCUT2D eigenvalue weighted by molar-refractivity contribution is 7.71. The largest absolute Gasteiger partial charge is 0.508 e. The first-order chi connectivity index (χ1) is 14.9. The lowest BCUT2D eigenvalue weighted by atomic mass is 9.97. The van der Waals surface area contributed by atoms with Gasteiger partial charge in [-0.3, -0.25) is 10.2 Å². The van der Waals surface area contributed by atoms with Crippen LogP contribution in [0.5, 0.6) is 17.2 Å². The molecule has 168 valence electrons. The lowest BCUT2D eigenvalue weighted by molar-refractivity contribution is 0.412. The van der Waals surface area contributed by atoms with Crippen LogP contribution in [0.15, 0.2) is 30.3 Å². The van der Waals surface area contributed by atoms with Gasteiger partial charge in [0.15, 0.2) is 0 Å². The smallest absolute Gasteiger partial charge is 0.128 e. The number of H-pyrrole nitrogens is 2. The van der Waals surface area contributed by atoms with Crippen LogP contribution in [0, 0.1) is 11.6 Å². The molecular weight excluding hydrogens is 408 g/mol. The maximum Gasteiger partial charge on any atom is 0.128 e. The zero-order valence-corrected chi connectivity index (χ0v) is 20.1. The van der Waals surface area contributed by atoms with Gasteiger partial charge in [-0.15, -0.1) is 0 Å². The van der Waals surface area contributed by atoms with E-state index >= 15 is 0 Å². The molecule has 1 aromatic heterocycles. The van der Waals surface area contributed by atoms with Crippen molar-refractivity contribution in [2.75, 3.05) is 7.11 Å². The van der Waals surface area contributed by atoms with Gasteiger partial charge in [0.25, 0.3) is 0 Å². The second kappa shape index (κ2) is 11.0. The lowest BCUT2D eigenvalue weighted by Gasteiger charge is -2.11. The maximum atomic E-state index is 10.4. The Hall–Kier alpha value is -2.73. The molecule has 31 heavy (non-hydrogen) atoms. The van der Waals surface area contributed by atoms with Crippen LogP contribution in [-0.4, -0.2) is 27.5 Å². The fourth-order valence-corrected chi connectivity index (χ4v) is 3.66. The second-order valence-corrected chi connectivity index (χ2v) is 7.83. The Bertz CT molecular complexity index is 1070. The summed E-state index contributed by atoms with van der Waals surface area (Å²) < 4.78 is 5.89. The number of phenolic OH excluding ortho intramolecular Hbond substituents is 2. The molecule has 0 amide bonds. The molecule has 4 N–H and O–H groups in total. The van der Waals surface area contributed by atoms with Crippen LogP contribution in [0.25, 0.3) is 22.4 Å². The first-order valence-electron chi connectivity index (χ1n) is 10.9. The molecular formula is C25H34N2O3S. The van der Waals surface area contributed by atoms with E-state index in [0.29, 0.717) is 21.8 Å². The first kappa shape index (κ1) is 24.5. The molecule has 5 nitrogen and oxygen atoms in total. The molecule has 1 saturated carbocycles. The number of methoxy groups -OCH3 is 1. The van der Waals surface area contributed by atoms with Crippen LogP contribution >= 0.6 is 12.2 Å². The Balaban J connectivity index is 0.000000630. The molecule has 0 saturated heterocycles. The molecule has 2 aromatic carbocycles. The third kappa shape index (κ3) is 5.50. The number of hydrogen-bond acceptors (Lipinski definition) is 4. The monoisotopic (exact) mass is 442 g/mol. The molecule has 1 aliphatic rings. The average molecular weight is 443 g/mol. The molecule has 0 spiro atoms. The zero-order chi connectivity index (χ0) is 23.1. The van der Waals surface area contributed by atoms with Crippen molar-refractivity contribution >= 4 is 12.2 Å². The van der Waals surface area contributed by atoms with Gasteiger partial charge in [0.2, 0.25) is 0 Å². The van der Waals surface area contributed by atoms with Crippen LogP contribution in [0.2, 0.25) is 0 Å².